The van der Waals surface area contributed by atoms with Crippen LogP contribution in [0, 0.1) is 13.8 Å². The number of ketones is 1. The molecule has 31 heavy (non-hydrogen) atoms. The van der Waals surface area contributed by atoms with E-state index in [2.05, 4.69) is 19.9 Å². The summed E-state index contributed by atoms with van der Waals surface area (Å²) in [5, 5.41) is 3.24. The van der Waals surface area contributed by atoms with E-state index >= 15 is 0 Å². The molecule has 0 saturated carbocycles. The highest BCUT2D eigenvalue weighted by atomic mass is 16.5. The fraction of sp³-hybridized carbons (Fsp3) is 0.160. The monoisotopic (exact) mass is 412 g/mol. The predicted octanol–water partition coefficient (Wildman–Crippen LogP) is 4.76. The Kier molecular flexibility index (Phi) is 6.08. The number of hydrogen-bond acceptors (Lipinski definition) is 5. The summed E-state index contributed by atoms with van der Waals surface area (Å²) in [7, 11) is 0. The van der Waals surface area contributed by atoms with Crippen LogP contribution >= 0.6 is 0 Å². The van der Waals surface area contributed by atoms with Gasteiger partial charge in [0.1, 0.15) is 12.1 Å². The molecule has 0 unspecified atom stereocenters. The van der Waals surface area contributed by atoms with Gasteiger partial charge in [0.15, 0.2) is 6.61 Å². The zero-order valence-corrected chi connectivity index (χ0v) is 17.6. The zero-order valence-electron chi connectivity index (χ0n) is 17.6. The first kappa shape index (κ1) is 20.3. The Bertz CT molecular complexity index is 1170. The molecule has 2 aromatic carbocycles. The fourth-order valence-electron chi connectivity index (χ4n) is 3.54. The van der Waals surface area contributed by atoms with Gasteiger partial charge in [0.05, 0.1) is 0 Å². The van der Waals surface area contributed by atoms with Crippen LogP contribution in [0.25, 0.3) is 5.69 Å². The lowest BCUT2D eigenvalue weighted by Crippen LogP contribution is -2.13. The molecule has 1 N–H and O–H groups in total. The van der Waals surface area contributed by atoms with E-state index in [1.807, 2.05) is 80.6 Å². The number of benzene rings is 2. The molecule has 0 fully saturated rings. The number of rotatable bonds is 8. The molecule has 0 spiro atoms. The van der Waals surface area contributed by atoms with Crippen molar-refractivity contribution in [2.24, 2.45) is 0 Å². The van der Waals surface area contributed by atoms with Crippen molar-refractivity contribution in [3.63, 3.8) is 0 Å². The van der Waals surface area contributed by atoms with Crippen molar-refractivity contribution >= 4 is 11.6 Å². The molecule has 0 aliphatic heterocycles. The quantitative estimate of drug-likeness (QED) is 0.423. The van der Waals surface area contributed by atoms with E-state index in [4.69, 9.17) is 4.74 Å². The highest BCUT2D eigenvalue weighted by Crippen LogP contribution is 2.21. The second kappa shape index (κ2) is 9.26. The molecule has 0 bridgehead atoms. The number of aromatic nitrogens is 3. The Morgan fingerprint density at radius 2 is 1.68 bits per heavy atom. The van der Waals surface area contributed by atoms with E-state index in [9.17, 15) is 4.79 Å². The average molecular weight is 412 g/mol. The van der Waals surface area contributed by atoms with Crippen molar-refractivity contribution in [1.82, 2.24) is 14.5 Å². The maximum Gasteiger partial charge on any atom is 0.218 e. The van der Waals surface area contributed by atoms with Crippen LogP contribution in [-0.2, 0) is 6.54 Å². The summed E-state index contributed by atoms with van der Waals surface area (Å²) < 4.78 is 7.75. The molecule has 0 aliphatic carbocycles. The number of ether oxygens (including phenoxy) is 1. The molecule has 0 aliphatic rings. The first-order chi connectivity index (χ1) is 15.1. The van der Waals surface area contributed by atoms with Gasteiger partial charge in [-0.15, -0.1) is 0 Å². The molecule has 2 aromatic heterocycles. The number of carbonyl (C=O) groups is 1. The van der Waals surface area contributed by atoms with E-state index in [0.29, 0.717) is 23.8 Å². The smallest absolute Gasteiger partial charge is 0.218 e. The highest BCUT2D eigenvalue weighted by Gasteiger charge is 2.17. The third-order valence-corrected chi connectivity index (χ3v) is 5.06. The van der Waals surface area contributed by atoms with Crippen molar-refractivity contribution in [2.75, 3.05) is 11.9 Å². The fourth-order valence-corrected chi connectivity index (χ4v) is 3.54. The van der Waals surface area contributed by atoms with Crippen LogP contribution in [0.15, 0.2) is 79.1 Å². The molecule has 0 saturated heterocycles. The minimum absolute atomic E-state index is 0.0891. The van der Waals surface area contributed by atoms with Gasteiger partial charge in [-0.2, -0.15) is 0 Å². The lowest BCUT2D eigenvalue weighted by molar-refractivity contribution is 0.0917. The zero-order chi connectivity index (χ0) is 21.6. The average Bonchev–Trinajstić information content (AvgIpc) is 3.11. The minimum Gasteiger partial charge on any atom is -0.469 e. The van der Waals surface area contributed by atoms with Gasteiger partial charge in [-0.05, 0) is 37.6 Å². The largest absolute Gasteiger partial charge is 0.469 e. The summed E-state index contributed by atoms with van der Waals surface area (Å²) in [5.41, 5.74) is 4.72. The third-order valence-electron chi connectivity index (χ3n) is 5.06. The van der Waals surface area contributed by atoms with Gasteiger partial charge in [0.25, 0.3) is 0 Å². The van der Waals surface area contributed by atoms with E-state index in [-0.39, 0.29) is 12.4 Å². The van der Waals surface area contributed by atoms with Crippen LogP contribution in [0.4, 0.5) is 5.82 Å². The third kappa shape index (κ3) is 4.80. The Labute approximate surface area is 181 Å². The summed E-state index contributed by atoms with van der Waals surface area (Å²) in [5.74, 6) is 0.909. The molecule has 0 radical (unpaired) electrons. The highest BCUT2D eigenvalue weighted by molar-refractivity contribution is 5.98. The van der Waals surface area contributed by atoms with Gasteiger partial charge in [-0.3, -0.25) is 4.79 Å². The van der Waals surface area contributed by atoms with Gasteiger partial charge in [-0.25, -0.2) is 9.97 Å². The standard InChI is InChI=1S/C25H24N4O2/c1-18-13-22(19(2)29(18)21-11-7-4-8-12-21)23(30)16-31-25-14-24(27-17-28-25)26-15-20-9-5-3-6-10-20/h3-14,17H,15-16H2,1-2H3,(H,26,27,28). The number of Topliss-reactive ketones (excluding diaryl/α,β-unsaturated/α-hetero) is 1. The van der Waals surface area contributed by atoms with Crippen LogP contribution in [0.2, 0.25) is 0 Å². The van der Waals surface area contributed by atoms with E-state index in [1.54, 1.807) is 6.07 Å². The van der Waals surface area contributed by atoms with Crippen molar-refractivity contribution in [3.8, 4) is 11.6 Å². The molecular formula is C25H24N4O2. The molecule has 0 amide bonds. The summed E-state index contributed by atoms with van der Waals surface area (Å²) >= 11 is 0. The maximum atomic E-state index is 12.8. The normalized spacial score (nSPS) is 10.6. The first-order valence-corrected chi connectivity index (χ1v) is 10.1. The van der Waals surface area contributed by atoms with Crippen molar-refractivity contribution < 1.29 is 9.53 Å². The van der Waals surface area contributed by atoms with Gasteiger partial charge < -0.3 is 14.6 Å². The molecule has 156 valence electrons. The van der Waals surface area contributed by atoms with Crippen LogP contribution < -0.4 is 10.1 Å². The first-order valence-electron chi connectivity index (χ1n) is 10.1. The summed E-state index contributed by atoms with van der Waals surface area (Å²) in [6.07, 6.45) is 1.43. The topological polar surface area (TPSA) is 69.0 Å². The molecule has 6 heteroatoms. The summed E-state index contributed by atoms with van der Waals surface area (Å²) in [6, 6.07) is 23.6. The molecule has 6 nitrogen and oxygen atoms in total. The van der Waals surface area contributed by atoms with E-state index < -0.39 is 0 Å². The van der Waals surface area contributed by atoms with Crippen molar-refractivity contribution in [3.05, 3.63) is 102 Å². The number of aryl methyl sites for hydroxylation is 1. The predicted molar refractivity (Wildman–Crippen MR) is 121 cm³/mol. The van der Waals surface area contributed by atoms with Crippen LogP contribution in [-0.4, -0.2) is 26.9 Å². The van der Waals surface area contributed by atoms with E-state index in [0.717, 1.165) is 22.6 Å². The molecule has 4 rings (SSSR count). The number of nitrogens with one attached hydrogen (secondary N) is 1. The number of hydrogen-bond donors (Lipinski definition) is 1. The molecule has 2 heterocycles. The van der Waals surface area contributed by atoms with Crippen LogP contribution in [0.5, 0.6) is 5.88 Å². The lowest BCUT2D eigenvalue weighted by Gasteiger charge is -2.10. The molecule has 0 atom stereocenters. The second-order valence-corrected chi connectivity index (χ2v) is 7.25. The Hall–Kier alpha value is -3.93. The second-order valence-electron chi connectivity index (χ2n) is 7.25. The van der Waals surface area contributed by atoms with Crippen LogP contribution in [0.1, 0.15) is 27.3 Å². The number of para-hydroxylation sites is 1. The van der Waals surface area contributed by atoms with Gasteiger partial charge >= 0.3 is 0 Å². The number of carbonyl (C=O) groups excluding carboxylic acids is 1. The Morgan fingerprint density at radius 3 is 2.42 bits per heavy atom. The Balaban J connectivity index is 1.41. The lowest BCUT2D eigenvalue weighted by atomic mass is 10.1. The Morgan fingerprint density at radius 1 is 0.968 bits per heavy atom. The molecule has 4 aromatic rings. The van der Waals surface area contributed by atoms with E-state index in [1.165, 1.54) is 6.33 Å². The maximum absolute atomic E-state index is 12.8. The van der Waals surface area contributed by atoms with Crippen LogP contribution in [0.3, 0.4) is 0 Å². The van der Waals surface area contributed by atoms with Gasteiger partial charge in [-0.1, -0.05) is 48.5 Å². The molecular weight excluding hydrogens is 388 g/mol. The van der Waals surface area contributed by atoms with Crippen molar-refractivity contribution in [1.29, 1.82) is 0 Å². The SMILES string of the molecule is Cc1cc(C(=O)COc2cc(NCc3ccccc3)ncn2)c(C)n1-c1ccccc1. The summed E-state index contributed by atoms with van der Waals surface area (Å²) in [4.78, 5) is 21.2. The minimum atomic E-state index is -0.0901. The van der Waals surface area contributed by atoms with Gasteiger partial charge in [0, 0.05) is 35.2 Å². The van der Waals surface area contributed by atoms with Crippen molar-refractivity contribution in [2.45, 2.75) is 20.4 Å². The number of anilines is 1. The summed E-state index contributed by atoms with van der Waals surface area (Å²) in [6.45, 7) is 4.49. The van der Waals surface area contributed by atoms with Gasteiger partial charge in [0.2, 0.25) is 11.7 Å². The number of nitrogens with zero attached hydrogens (tertiary/aromatic N) is 3.